The minimum atomic E-state index is 0.0110. The van der Waals surface area contributed by atoms with Crippen molar-refractivity contribution in [1.29, 1.82) is 0 Å². The van der Waals surface area contributed by atoms with E-state index in [0.717, 1.165) is 11.1 Å². The Labute approximate surface area is 126 Å². The Hall–Kier alpha value is -0.510. The summed E-state index contributed by atoms with van der Waals surface area (Å²) in [6.45, 7) is 11.4. The molecule has 2 fully saturated rings. The Morgan fingerprint density at radius 2 is 2.05 bits per heavy atom. The zero-order valence-electron chi connectivity index (χ0n) is 13.2. The van der Waals surface area contributed by atoms with E-state index in [0.29, 0.717) is 22.8 Å². The second-order valence-electron chi connectivity index (χ2n) is 7.85. The molecule has 3 aliphatic rings. The summed E-state index contributed by atoms with van der Waals surface area (Å²) in [4.78, 5) is 16.2. The van der Waals surface area contributed by atoms with Crippen LogP contribution in [0.15, 0.2) is 4.99 Å². The molecule has 1 aliphatic heterocycles. The largest absolute Gasteiger partial charge is 0.361 e. The van der Waals surface area contributed by atoms with E-state index in [1.54, 1.807) is 11.8 Å². The number of rotatable bonds is 2. The van der Waals surface area contributed by atoms with Crippen molar-refractivity contribution in [2.45, 2.75) is 65.2 Å². The van der Waals surface area contributed by atoms with Crippen molar-refractivity contribution in [1.82, 2.24) is 5.32 Å². The van der Waals surface area contributed by atoms with Crippen molar-refractivity contribution in [2.24, 2.45) is 27.7 Å². The van der Waals surface area contributed by atoms with Gasteiger partial charge in [0.25, 0.3) is 5.91 Å². The molecule has 0 saturated heterocycles. The van der Waals surface area contributed by atoms with E-state index < -0.39 is 0 Å². The van der Waals surface area contributed by atoms with Gasteiger partial charge in [-0.05, 0) is 41.9 Å². The van der Waals surface area contributed by atoms with Gasteiger partial charge in [0.2, 0.25) is 0 Å². The highest BCUT2D eigenvalue weighted by atomic mass is 32.2. The van der Waals surface area contributed by atoms with Gasteiger partial charge in [-0.1, -0.05) is 46.4 Å². The highest BCUT2D eigenvalue weighted by Crippen LogP contribution is 2.65. The Bertz CT molecular complexity index is 471. The van der Waals surface area contributed by atoms with E-state index in [1.807, 2.05) is 0 Å². The van der Waals surface area contributed by atoms with Crippen LogP contribution in [0.5, 0.6) is 0 Å². The van der Waals surface area contributed by atoms with Gasteiger partial charge in [-0.3, -0.25) is 4.79 Å². The summed E-state index contributed by atoms with van der Waals surface area (Å²) in [7, 11) is 0. The second-order valence-corrected chi connectivity index (χ2v) is 8.98. The Morgan fingerprint density at radius 1 is 1.35 bits per heavy atom. The van der Waals surface area contributed by atoms with Crippen LogP contribution in [0.2, 0.25) is 0 Å². The minimum absolute atomic E-state index is 0.0110. The van der Waals surface area contributed by atoms with Crippen molar-refractivity contribution in [3.8, 4) is 0 Å². The topological polar surface area (TPSA) is 41.5 Å². The van der Waals surface area contributed by atoms with E-state index in [-0.39, 0.29) is 11.2 Å². The zero-order valence-corrected chi connectivity index (χ0v) is 14.0. The molecule has 1 heterocycles. The first-order valence-electron chi connectivity index (χ1n) is 7.81. The molecule has 0 aromatic heterocycles. The molecule has 4 heteroatoms. The molecule has 3 rings (SSSR count). The molecule has 0 radical (unpaired) electrons. The van der Waals surface area contributed by atoms with Gasteiger partial charge in [0.05, 0.1) is 5.25 Å². The number of nitrogens with one attached hydrogen (secondary N) is 1. The SMILES string of the molecule is CC(C)C1SC(N[C@@H]2C[C@H]3CC[C@]2(C)C3(C)C)=NC1=O. The third-order valence-electron chi connectivity index (χ3n) is 6.39. The molecule has 1 amide bonds. The lowest BCUT2D eigenvalue weighted by molar-refractivity contribution is -0.117. The maximum atomic E-state index is 11.9. The van der Waals surface area contributed by atoms with E-state index in [4.69, 9.17) is 0 Å². The molecule has 20 heavy (non-hydrogen) atoms. The van der Waals surface area contributed by atoms with Crippen LogP contribution in [0, 0.1) is 22.7 Å². The first kappa shape index (κ1) is 14.4. The number of hydrogen-bond acceptors (Lipinski definition) is 3. The number of aliphatic imine (C=N–C) groups is 1. The fourth-order valence-corrected chi connectivity index (χ4v) is 5.44. The number of amidine groups is 1. The van der Waals surface area contributed by atoms with Crippen molar-refractivity contribution < 1.29 is 4.79 Å². The smallest absolute Gasteiger partial charge is 0.261 e. The maximum absolute atomic E-state index is 11.9. The van der Waals surface area contributed by atoms with Crippen LogP contribution in [0.4, 0.5) is 0 Å². The lowest BCUT2D eigenvalue weighted by Crippen LogP contribution is -2.46. The molecule has 3 nitrogen and oxygen atoms in total. The first-order chi connectivity index (χ1) is 9.25. The van der Waals surface area contributed by atoms with Crippen molar-refractivity contribution in [3.05, 3.63) is 0 Å². The monoisotopic (exact) mass is 294 g/mol. The average Bonchev–Trinajstić information content (AvgIpc) is 2.87. The summed E-state index contributed by atoms with van der Waals surface area (Å²) in [6, 6.07) is 0.473. The molecule has 112 valence electrons. The van der Waals surface area contributed by atoms with Crippen LogP contribution in [-0.4, -0.2) is 22.4 Å². The molecular formula is C16H26N2OS. The number of carbonyl (C=O) groups is 1. The number of carbonyl (C=O) groups excluding carboxylic acids is 1. The quantitative estimate of drug-likeness (QED) is 0.848. The third-order valence-corrected chi connectivity index (χ3v) is 7.82. The lowest BCUT2D eigenvalue weighted by Gasteiger charge is -2.39. The molecule has 1 N–H and O–H groups in total. The molecule has 0 aromatic rings. The van der Waals surface area contributed by atoms with Gasteiger partial charge >= 0.3 is 0 Å². The molecule has 1 unspecified atom stereocenters. The number of amides is 1. The molecule has 4 atom stereocenters. The lowest BCUT2D eigenvalue weighted by atomic mass is 9.69. The van der Waals surface area contributed by atoms with Crippen LogP contribution < -0.4 is 5.32 Å². The standard InChI is InChI=1S/C16H26N2OS/c1-9(2)12-13(19)18-14(20-12)17-11-8-10-6-7-16(11,5)15(10,3)4/h9-12H,6-8H2,1-5H3,(H,17,18,19)/t10-,11-,12?,16+/m1/s1. The van der Waals surface area contributed by atoms with Crippen molar-refractivity contribution in [2.75, 3.05) is 0 Å². The minimum Gasteiger partial charge on any atom is -0.361 e. The van der Waals surface area contributed by atoms with Crippen LogP contribution in [0.25, 0.3) is 0 Å². The van der Waals surface area contributed by atoms with E-state index >= 15 is 0 Å². The molecular weight excluding hydrogens is 268 g/mol. The zero-order chi connectivity index (χ0) is 14.7. The van der Waals surface area contributed by atoms with Gasteiger partial charge in [0.1, 0.15) is 0 Å². The van der Waals surface area contributed by atoms with Gasteiger partial charge in [0, 0.05) is 6.04 Å². The van der Waals surface area contributed by atoms with Crippen LogP contribution in [0.1, 0.15) is 53.9 Å². The molecule has 2 bridgehead atoms. The number of fused-ring (bicyclic) bond motifs is 2. The van der Waals surface area contributed by atoms with Gasteiger partial charge in [-0.15, -0.1) is 0 Å². The fraction of sp³-hybridized carbons (Fsp3) is 0.875. The van der Waals surface area contributed by atoms with E-state index in [2.05, 4.69) is 44.9 Å². The third kappa shape index (κ3) is 1.87. The maximum Gasteiger partial charge on any atom is 0.261 e. The summed E-state index contributed by atoms with van der Waals surface area (Å²) in [6.07, 6.45) is 3.88. The predicted molar refractivity (Wildman–Crippen MR) is 84.8 cm³/mol. The van der Waals surface area contributed by atoms with E-state index in [9.17, 15) is 4.79 Å². The van der Waals surface area contributed by atoms with Crippen molar-refractivity contribution >= 4 is 22.8 Å². The number of thioether (sulfide) groups is 1. The van der Waals surface area contributed by atoms with Crippen LogP contribution in [0.3, 0.4) is 0 Å². The van der Waals surface area contributed by atoms with Gasteiger partial charge in [0.15, 0.2) is 5.17 Å². The highest BCUT2D eigenvalue weighted by Gasteiger charge is 2.61. The van der Waals surface area contributed by atoms with Gasteiger partial charge in [-0.25, -0.2) is 0 Å². The summed E-state index contributed by atoms with van der Waals surface area (Å²) in [5.41, 5.74) is 0.732. The van der Waals surface area contributed by atoms with Gasteiger partial charge in [-0.2, -0.15) is 4.99 Å². The molecule has 0 spiro atoms. The van der Waals surface area contributed by atoms with Crippen LogP contribution >= 0.6 is 11.8 Å². The predicted octanol–water partition coefficient (Wildman–Crippen LogP) is 3.44. The Kier molecular flexibility index (Phi) is 3.24. The fourth-order valence-electron chi connectivity index (χ4n) is 4.42. The Balaban J connectivity index is 1.72. The first-order valence-corrected chi connectivity index (χ1v) is 8.69. The summed E-state index contributed by atoms with van der Waals surface area (Å²) < 4.78 is 0. The number of hydrogen-bond donors (Lipinski definition) is 1. The molecule has 2 aliphatic carbocycles. The van der Waals surface area contributed by atoms with Crippen LogP contribution in [-0.2, 0) is 4.79 Å². The summed E-state index contributed by atoms with van der Waals surface area (Å²) in [5, 5.41) is 4.49. The molecule has 2 saturated carbocycles. The van der Waals surface area contributed by atoms with Gasteiger partial charge < -0.3 is 5.32 Å². The molecule has 0 aromatic carbocycles. The summed E-state index contributed by atoms with van der Waals surface area (Å²) >= 11 is 1.63. The summed E-state index contributed by atoms with van der Waals surface area (Å²) in [5.74, 6) is 1.20. The average molecular weight is 294 g/mol. The normalized spacial score (nSPS) is 42.4. The highest BCUT2D eigenvalue weighted by molar-refractivity contribution is 8.15. The second kappa shape index (κ2) is 4.49. The number of nitrogens with zero attached hydrogens (tertiary/aromatic N) is 1. The van der Waals surface area contributed by atoms with Crippen molar-refractivity contribution in [3.63, 3.8) is 0 Å². The Morgan fingerprint density at radius 3 is 2.50 bits per heavy atom. The van der Waals surface area contributed by atoms with E-state index in [1.165, 1.54) is 19.3 Å².